The van der Waals surface area contributed by atoms with Gasteiger partial charge < -0.3 is 5.32 Å². The molecule has 1 atom stereocenters. The van der Waals surface area contributed by atoms with Gasteiger partial charge in [-0.05, 0) is 32.5 Å². The largest absolute Gasteiger partial charge is 0.309 e. The Hall–Kier alpha value is -0.650. The van der Waals surface area contributed by atoms with Crippen LogP contribution in [0.3, 0.4) is 0 Å². The van der Waals surface area contributed by atoms with Crippen LogP contribution in [-0.4, -0.2) is 26.0 Å². The molecule has 0 amide bonds. The molecule has 1 unspecified atom stereocenters. The Labute approximate surface area is 119 Å². The molecule has 0 aliphatic heterocycles. The summed E-state index contributed by atoms with van der Waals surface area (Å²) in [6.45, 7) is 5.55. The molecule has 3 nitrogen and oxygen atoms in total. The van der Waals surface area contributed by atoms with Crippen molar-refractivity contribution in [1.29, 1.82) is 0 Å². The van der Waals surface area contributed by atoms with Crippen molar-refractivity contribution in [1.82, 2.24) is 5.32 Å². The lowest BCUT2D eigenvalue weighted by molar-refractivity contribution is 0.414. The molecule has 0 spiro atoms. The second kappa shape index (κ2) is 5.77. The van der Waals surface area contributed by atoms with Gasteiger partial charge in [-0.15, -0.1) is 0 Å². The van der Waals surface area contributed by atoms with Gasteiger partial charge in [-0.25, -0.2) is 12.8 Å². The van der Waals surface area contributed by atoms with Crippen molar-refractivity contribution in [3.63, 3.8) is 0 Å². The van der Waals surface area contributed by atoms with E-state index >= 15 is 0 Å². The molecule has 1 rings (SSSR count). The topological polar surface area (TPSA) is 46.2 Å². The van der Waals surface area contributed by atoms with Crippen LogP contribution in [-0.2, 0) is 9.84 Å². The van der Waals surface area contributed by atoms with E-state index < -0.39 is 26.4 Å². The summed E-state index contributed by atoms with van der Waals surface area (Å²) in [5, 5.41) is 3.33. The number of sulfone groups is 1. The van der Waals surface area contributed by atoms with Crippen LogP contribution in [0.2, 0.25) is 5.02 Å². The molecule has 1 N–H and O–H groups in total. The zero-order chi connectivity index (χ0) is 14.8. The van der Waals surface area contributed by atoms with Crippen molar-refractivity contribution in [3.8, 4) is 0 Å². The Morgan fingerprint density at radius 3 is 2.42 bits per heavy atom. The molecule has 0 fully saturated rings. The molecule has 0 aromatic heterocycles. The number of benzene rings is 1. The fraction of sp³-hybridized carbons (Fsp3) is 0.538. The second-order valence-electron chi connectivity index (χ2n) is 5.03. The lowest BCUT2D eigenvalue weighted by Crippen LogP contribution is -2.45. The van der Waals surface area contributed by atoms with E-state index in [-0.39, 0.29) is 5.02 Å². The molecular weight excluding hydrogens is 289 g/mol. The van der Waals surface area contributed by atoms with Crippen LogP contribution in [0.25, 0.3) is 0 Å². The summed E-state index contributed by atoms with van der Waals surface area (Å²) >= 11 is 5.72. The highest BCUT2D eigenvalue weighted by Gasteiger charge is 2.40. The van der Waals surface area contributed by atoms with Gasteiger partial charge in [0.15, 0.2) is 9.84 Å². The SMILES string of the molecule is CCNC(c1ccc(Cl)cc1F)C(C)(C)S(C)(=O)=O. The predicted molar refractivity (Wildman–Crippen MR) is 76.8 cm³/mol. The maximum atomic E-state index is 14.0. The smallest absolute Gasteiger partial charge is 0.154 e. The third kappa shape index (κ3) is 3.46. The van der Waals surface area contributed by atoms with Crippen molar-refractivity contribution in [2.45, 2.75) is 31.6 Å². The summed E-state index contributed by atoms with van der Waals surface area (Å²) in [5.74, 6) is -0.504. The van der Waals surface area contributed by atoms with E-state index in [1.54, 1.807) is 19.9 Å². The lowest BCUT2D eigenvalue weighted by atomic mass is 9.94. The van der Waals surface area contributed by atoms with Gasteiger partial charge in [0.05, 0.1) is 10.8 Å². The van der Waals surface area contributed by atoms with Crippen molar-refractivity contribution >= 4 is 21.4 Å². The summed E-state index contributed by atoms with van der Waals surface area (Å²) in [5.41, 5.74) is 0.307. The van der Waals surface area contributed by atoms with Crippen molar-refractivity contribution in [2.75, 3.05) is 12.8 Å². The van der Waals surface area contributed by atoms with Crippen molar-refractivity contribution < 1.29 is 12.8 Å². The Kier molecular flexibility index (Phi) is 4.98. The molecule has 0 aliphatic rings. The van der Waals surface area contributed by atoms with Gasteiger partial charge in [-0.3, -0.25) is 0 Å². The van der Waals surface area contributed by atoms with E-state index in [9.17, 15) is 12.8 Å². The molecule has 0 heterocycles. The van der Waals surface area contributed by atoms with Crippen molar-refractivity contribution in [2.24, 2.45) is 0 Å². The van der Waals surface area contributed by atoms with Crippen LogP contribution in [0.15, 0.2) is 18.2 Å². The van der Waals surface area contributed by atoms with E-state index in [4.69, 9.17) is 11.6 Å². The maximum absolute atomic E-state index is 14.0. The molecule has 0 saturated carbocycles. The van der Waals surface area contributed by atoms with E-state index in [0.717, 1.165) is 6.26 Å². The molecule has 108 valence electrons. The van der Waals surface area contributed by atoms with E-state index in [2.05, 4.69) is 5.32 Å². The zero-order valence-electron chi connectivity index (χ0n) is 11.5. The molecule has 0 saturated heterocycles. The summed E-state index contributed by atoms with van der Waals surface area (Å²) in [6, 6.07) is 3.64. The van der Waals surface area contributed by atoms with Gasteiger partial charge in [-0.2, -0.15) is 0 Å². The van der Waals surface area contributed by atoms with Gasteiger partial charge in [0.1, 0.15) is 5.82 Å². The average Bonchev–Trinajstić information content (AvgIpc) is 2.25. The average molecular weight is 308 g/mol. The van der Waals surface area contributed by atoms with E-state index in [1.165, 1.54) is 12.1 Å². The lowest BCUT2D eigenvalue weighted by Gasteiger charge is -2.33. The first-order valence-electron chi connectivity index (χ1n) is 5.99. The highest BCUT2D eigenvalue weighted by atomic mass is 35.5. The second-order valence-corrected chi connectivity index (χ2v) is 8.07. The summed E-state index contributed by atoms with van der Waals surface area (Å²) in [6.07, 6.45) is 1.16. The first-order valence-corrected chi connectivity index (χ1v) is 8.26. The molecule has 0 aliphatic carbocycles. The zero-order valence-corrected chi connectivity index (χ0v) is 13.1. The first-order chi connectivity index (χ1) is 8.61. The molecule has 1 aromatic rings. The highest BCUT2D eigenvalue weighted by Crippen LogP contribution is 2.34. The fourth-order valence-electron chi connectivity index (χ4n) is 1.88. The summed E-state index contributed by atoms with van der Waals surface area (Å²) in [4.78, 5) is 0. The number of halogens is 2. The number of nitrogens with one attached hydrogen (secondary N) is 1. The Bertz CT molecular complexity index is 558. The van der Waals surface area contributed by atoms with Gasteiger partial charge in [-0.1, -0.05) is 24.6 Å². The maximum Gasteiger partial charge on any atom is 0.154 e. The molecule has 1 aromatic carbocycles. The van der Waals surface area contributed by atoms with Gasteiger partial charge in [0.2, 0.25) is 0 Å². The van der Waals surface area contributed by atoms with Gasteiger partial charge >= 0.3 is 0 Å². The number of hydrogen-bond acceptors (Lipinski definition) is 3. The quantitative estimate of drug-likeness (QED) is 0.909. The molecule has 19 heavy (non-hydrogen) atoms. The molecule has 0 radical (unpaired) electrons. The normalized spacial score (nSPS) is 14.4. The molecule has 0 bridgehead atoms. The van der Waals surface area contributed by atoms with E-state index in [0.29, 0.717) is 12.1 Å². The minimum Gasteiger partial charge on any atom is -0.309 e. The third-order valence-electron chi connectivity index (χ3n) is 3.33. The van der Waals surface area contributed by atoms with Crippen LogP contribution >= 0.6 is 11.6 Å². The van der Waals surface area contributed by atoms with Crippen LogP contribution in [0.1, 0.15) is 32.4 Å². The third-order valence-corrected chi connectivity index (χ3v) is 5.71. The fourth-order valence-corrected chi connectivity index (χ4v) is 2.68. The molecular formula is C13H19ClFNO2S. The summed E-state index contributed by atoms with van der Waals surface area (Å²) in [7, 11) is -3.36. The minimum absolute atomic E-state index is 0.286. The summed E-state index contributed by atoms with van der Waals surface area (Å²) < 4.78 is 36.8. The number of rotatable bonds is 5. The Morgan fingerprint density at radius 2 is 2.00 bits per heavy atom. The number of hydrogen-bond donors (Lipinski definition) is 1. The minimum atomic E-state index is -3.36. The van der Waals surface area contributed by atoms with Gasteiger partial charge in [0.25, 0.3) is 0 Å². The molecule has 6 heteroatoms. The van der Waals surface area contributed by atoms with Gasteiger partial charge in [0, 0.05) is 16.8 Å². The van der Waals surface area contributed by atoms with Crippen LogP contribution in [0.5, 0.6) is 0 Å². The van der Waals surface area contributed by atoms with Crippen LogP contribution in [0, 0.1) is 5.82 Å². The van der Waals surface area contributed by atoms with E-state index in [1.807, 2.05) is 6.92 Å². The monoisotopic (exact) mass is 307 g/mol. The highest BCUT2D eigenvalue weighted by molar-refractivity contribution is 7.92. The first kappa shape index (κ1) is 16.4. The van der Waals surface area contributed by atoms with Crippen LogP contribution in [0.4, 0.5) is 4.39 Å². The Balaban J connectivity index is 3.36. The standard InChI is InChI=1S/C13H19ClFNO2S/c1-5-16-12(13(2,3)19(4,17)18)10-7-6-9(14)8-11(10)15/h6-8,12,16H,5H2,1-4H3. The van der Waals surface area contributed by atoms with Crippen molar-refractivity contribution in [3.05, 3.63) is 34.6 Å². The predicted octanol–water partition coefficient (Wildman–Crippen LogP) is 2.95. The Morgan fingerprint density at radius 1 is 1.42 bits per heavy atom. The van der Waals surface area contributed by atoms with Crippen LogP contribution < -0.4 is 5.32 Å².